The average Bonchev–Trinajstić information content (AvgIpc) is 2.51. The Labute approximate surface area is 180 Å². The minimum absolute atomic E-state index is 0.206. The van der Waals surface area contributed by atoms with E-state index in [0.717, 1.165) is 18.9 Å². The Kier molecular flexibility index (Phi) is 8.79. The van der Waals surface area contributed by atoms with Gasteiger partial charge in [0.1, 0.15) is 11.0 Å². The van der Waals surface area contributed by atoms with Crippen LogP contribution in [-0.4, -0.2) is 47.9 Å². The first-order valence-electron chi connectivity index (χ1n) is 10.2. The third kappa shape index (κ3) is 7.45. The van der Waals surface area contributed by atoms with Gasteiger partial charge in [0.25, 0.3) is 0 Å². The lowest BCUT2D eigenvalue weighted by Gasteiger charge is -2.38. The molecule has 1 heterocycles. The SMILES string of the molecule is CC(C)(C)[Si](C)(C)OCCN(CCO[Si](C)(C)C(C)(C)C)c1cccc(Cl)n1. The molecule has 0 aliphatic carbocycles. The summed E-state index contributed by atoms with van der Waals surface area (Å²) in [6.07, 6.45) is 0. The first-order chi connectivity index (χ1) is 12.6. The maximum absolute atomic E-state index is 6.38. The fraction of sp³-hybridized carbons (Fsp3) is 0.762. The Morgan fingerprint density at radius 1 is 0.857 bits per heavy atom. The lowest BCUT2D eigenvalue weighted by molar-refractivity contribution is 0.275. The number of hydrogen-bond donors (Lipinski definition) is 0. The average molecular weight is 445 g/mol. The predicted molar refractivity (Wildman–Crippen MR) is 128 cm³/mol. The second kappa shape index (κ2) is 9.60. The smallest absolute Gasteiger partial charge is 0.192 e. The van der Waals surface area contributed by atoms with Gasteiger partial charge in [0, 0.05) is 13.1 Å². The molecule has 0 saturated carbocycles. The van der Waals surface area contributed by atoms with Gasteiger partial charge in [0.15, 0.2) is 16.6 Å². The predicted octanol–water partition coefficient (Wildman–Crippen LogP) is 6.59. The third-order valence-electron chi connectivity index (χ3n) is 6.28. The number of hydrogen-bond acceptors (Lipinski definition) is 4. The molecule has 0 spiro atoms. The Hall–Kier alpha value is -0.406. The number of pyridine rings is 1. The number of halogens is 1. The molecular weight excluding hydrogens is 404 g/mol. The summed E-state index contributed by atoms with van der Waals surface area (Å²) < 4.78 is 12.8. The van der Waals surface area contributed by atoms with Gasteiger partial charge in [0.2, 0.25) is 0 Å². The van der Waals surface area contributed by atoms with Crippen LogP contribution in [0.25, 0.3) is 0 Å². The molecule has 4 nitrogen and oxygen atoms in total. The molecule has 1 rings (SSSR count). The van der Waals surface area contributed by atoms with Gasteiger partial charge in [-0.3, -0.25) is 0 Å². The fourth-order valence-corrected chi connectivity index (χ4v) is 4.40. The quantitative estimate of drug-likeness (QED) is 0.318. The summed E-state index contributed by atoms with van der Waals surface area (Å²) >= 11 is 6.14. The van der Waals surface area contributed by atoms with Crippen molar-refractivity contribution in [3.63, 3.8) is 0 Å². The van der Waals surface area contributed by atoms with Gasteiger partial charge >= 0.3 is 0 Å². The van der Waals surface area contributed by atoms with Crippen molar-refractivity contribution in [1.29, 1.82) is 0 Å². The molecule has 0 N–H and O–H groups in total. The second-order valence-electron chi connectivity index (χ2n) is 10.5. The van der Waals surface area contributed by atoms with Gasteiger partial charge < -0.3 is 13.8 Å². The second-order valence-corrected chi connectivity index (χ2v) is 20.5. The largest absolute Gasteiger partial charge is 0.415 e. The molecule has 0 bridgehead atoms. The summed E-state index contributed by atoms with van der Waals surface area (Å²) in [6.45, 7) is 25.7. The Balaban J connectivity index is 2.79. The van der Waals surface area contributed by atoms with E-state index in [1.165, 1.54) is 0 Å². The van der Waals surface area contributed by atoms with E-state index in [2.05, 4.69) is 77.6 Å². The Morgan fingerprint density at radius 2 is 1.29 bits per heavy atom. The molecule has 0 saturated heterocycles. The number of rotatable bonds is 9. The monoisotopic (exact) mass is 444 g/mol. The normalized spacial score (nSPS) is 13.7. The summed E-state index contributed by atoms with van der Waals surface area (Å²) in [5.41, 5.74) is 0. The maximum Gasteiger partial charge on any atom is 0.192 e. The molecule has 28 heavy (non-hydrogen) atoms. The highest BCUT2D eigenvalue weighted by molar-refractivity contribution is 6.74. The van der Waals surface area contributed by atoms with Crippen molar-refractivity contribution in [1.82, 2.24) is 4.98 Å². The lowest BCUT2D eigenvalue weighted by atomic mass is 10.2. The molecule has 0 aromatic carbocycles. The Bertz CT molecular complexity index is 594. The van der Waals surface area contributed by atoms with E-state index in [1.54, 1.807) is 0 Å². The zero-order valence-corrected chi connectivity index (χ0v) is 22.4. The van der Waals surface area contributed by atoms with E-state index >= 15 is 0 Å². The maximum atomic E-state index is 6.38. The number of nitrogens with zero attached hydrogens (tertiary/aromatic N) is 2. The topological polar surface area (TPSA) is 34.6 Å². The first-order valence-corrected chi connectivity index (χ1v) is 16.4. The van der Waals surface area contributed by atoms with Crippen molar-refractivity contribution >= 4 is 34.1 Å². The zero-order valence-electron chi connectivity index (χ0n) is 19.6. The van der Waals surface area contributed by atoms with Crippen molar-refractivity contribution in [3.05, 3.63) is 23.4 Å². The van der Waals surface area contributed by atoms with Crippen LogP contribution in [0.15, 0.2) is 18.2 Å². The van der Waals surface area contributed by atoms with E-state index in [9.17, 15) is 0 Å². The minimum atomic E-state index is -1.77. The van der Waals surface area contributed by atoms with Crippen LogP contribution in [0.1, 0.15) is 41.5 Å². The summed E-state index contributed by atoms with van der Waals surface area (Å²) in [7, 11) is -3.53. The number of aromatic nitrogens is 1. The van der Waals surface area contributed by atoms with Crippen molar-refractivity contribution in [2.45, 2.75) is 77.8 Å². The number of anilines is 1. The molecule has 0 amide bonds. The highest BCUT2D eigenvalue weighted by Gasteiger charge is 2.38. The van der Waals surface area contributed by atoms with E-state index in [4.69, 9.17) is 20.5 Å². The molecule has 1 aromatic heterocycles. The highest BCUT2D eigenvalue weighted by atomic mass is 35.5. The molecule has 7 heteroatoms. The molecule has 0 fully saturated rings. The van der Waals surface area contributed by atoms with Crippen LogP contribution in [0.2, 0.25) is 41.4 Å². The van der Waals surface area contributed by atoms with E-state index in [-0.39, 0.29) is 10.1 Å². The molecule has 0 aliphatic heterocycles. The Morgan fingerprint density at radius 3 is 1.64 bits per heavy atom. The first kappa shape index (κ1) is 25.6. The third-order valence-corrected chi connectivity index (χ3v) is 15.6. The molecule has 1 aromatic rings. The van der Waals surface area contributed by atoms with Crippen molar-refractivity contribution in [2.75, 3.05) is 31.2 Å². The highest BCUT2D eigenvalue weighted by Crippen LogP contribution is 2.37. The molecule has 0 aliphatic rings. The van der Waals surface area contributed by atoms with Crippen LogP contribution in [0.4, 0.5) is 5.82 Å². The van der Waals surface area contributed by atoms with Crippen LogP contribution in [0.3, 0.4) is 0 Å². The molecule has 162 valence electrons. The lowest BCUT2D eigenvalue weighted by Crippen LogP contribution is -2.44. The summed E-state index contributed by atoms with van der Waals surface area (Å²) in [6, 6.07) is 5.76. The fourth-order valence-electron chi connectivity index (χ4n) is 2.17. The molecule has 0 atom stereocenters. The standard InChI is InChI=1S/C21H41ClN2O2Si2/c1-20(2,3)27(7,8)25-16-14-24(19-13-11-12-18(22)23-19)15-17-26-28(9,10)21(4,5)6/h11-13H,14-17H2,1-10H3. The summed E-state index contributed by atoms with van der Waals surface area (Å²) in [5.74, 6) is 0.880. The van der Waals surface area contributed by atoms with E-state index in [1.807, 2.05) is 18.2 Å². The molecule has 0 radical (unpaired) electrons. The minimum Gasteiger partial charge on any atom is -0.415 e. The van der Waals surface area contributed by atoms with Crippen molar-refractivity contribution < 1.29 is 8.85 Å². The molecule has 0 unspecified atom stereocenters. The van der Waals surface area contributed by atoms with Gasteiger partial charge in [-0.25, -0.2) is 4.98 Å². The van der Waals surface area contributed by atoms with Crippen LogP contribution >= 0.6 is 11.6 Å². The summed E-state index contributed by atoms with van der Waals surface area (Å²) in [4.78, 5) is 6.73. The summed E-state index contributed by atoms with van der Waals surface area (Å²) in [5, 5.41) is 0.924. The van der Waals surface area contributed by atoms with Crippen LogP contribution in [-0.2, 0) is 8.85 Å². The van der Waals surface area contributed by atoms with E-state index in [0.29, 0.717) is 18.4 Å². The van der Waals surface area contributed by atoms with Gasteiger partial charge in [-0.2, -0.15) is 0 Å². The zero-order chi connectivity index (χ0) is 21.8. The van der Waals surface area contributed by atoms with E-state index < -0.39 is 16.6 Å². The van der Waals surface area contributed by atoms with Crippen molar-refractivity contribution in [2.24, 2.45) is 0 Å². The van der Waals surface area contributed by atoms with Crippen LogP contribution in [0.5, 0.6) is 0 Å². The van der Waals surface area contributed by atoms with Gasteiger partial charge in [-0.05, 0) is 48.4 Å². The van der Waals surface area contributed by atoms with Gasteiger partial charge in [0.05, 0.1) is 13.2 Å². The van der Waals surface area contributed by atoms with Gasteiger partial charge in [-0.1, -0.05) is 59.2 Å². The van der Waals surface area contributed by atoms with Crippen LogP contribution in [0, 0.1) is 0 Å². The molecular formula is C21H41ClN2O2Si2. The van der Waals surface area contributed by atoms with Crippen LogP contribution < -0.4 is 4.90 Å². The van der Waals surface area contributed by atoms with Crippen molar-refractivity contribution in [3.8, 4) is 0 Å². The van der Waals surface area contributed by atoms with Gasteiger partial charge in [-0.15, -0.1) is 0 Å².